The number of ether oxygens (including phenoxy) is 1. The summed E-state index contributed by atoms with van der Waals surface area (Å²) >= 11 is 6.02. The van der Waals surface area contributed by atoms with Crippen LogP contribution in [-0.2, 0) is 11.3 Å². The Hall–Kier alpha value is -2.81. The van der Waals surface area contributed by atoms with Crippen LogP contribution in [0.3, 0.4) is 0 Å². The summed E-state index contributed by atoms with van der Waals surface area (Å²) in [5.41, 5.74) is 3.67. The molecule has 1 N–H and O–H groups in total. The Morgan fingerprint density at radius 1 is 1.06 bits per heavy atom. The first-order valence-electron chi connectivity index (χ1n) is 11.8. The van der Waals surface area contributed by atoms with E-state index < -0.39 is 0 Å². The van der Waals surface area contributed by atoms with Gasteiger partial charge in [-0.15, -0.1) is 0 Å². The van der Waals surface area contributed by atoms with Gasteiger partial charge in [0.1, 0.15) is 17.5 Å². The molecule has 0 bridgehead atoms. The van der Waals surface area contributed by atoms with Crippen LogP contribution in [0.25, 0.3) is 10.9 Å². The van der Waals surface area contributed by atoms with Crippen molar-refractivity contribution < 1.29 is 4.74 Å². The van der Waals surface area contributed by atoms with Crippen LogP contribution < -0.4 is 10.2 Å². The van der Waals surface area contributed by atoms with Crippen molar-refractivity contribution in [3.05, 3.63) is 64.7 Å². The Morgan fingerprint density at radius 3 is 2.64 bits per heavy atom. The molecule has 0 amide bonds. The Balaban J connectivity index is 1.42. The second-order valence-corrected chi connectivity index (χ2v) is 9.62. The Kier molecular flexibility index (Phi) is 6.66. The molecule has 1 aromatic heterocycles. The Morgan fingerprint density at radius 2 is 1.85 bits per heavy atom. The lowest BCUT2D eigenvalue weighted by Crippen LogP contribution is -2.24. The first kappa shape index (κ1) is 22.0. The largest absolute Gasteiger partial charge is 0.381 e. The number of nitrogens with zero attached hydrogens (tertiary/aromatic N) is 3. The van der Waals surface area contributed by atoms with Gasteiger partial charge in [-0.1, -0.05) is 41.9 Å². The number of aromatic nitrogens is 1. The van der Waals surface area contributed by atoms with Gasteiger partial charge in [-0.05, 0) is 61.3 Å². The third-order valence-electron chi connectivity index (χ3n) is 6.96. The Labute approximate surface area is 200 Å². The fourth-order valence-corrected chi connectivity index (χ4v) is 5.35. The topological polar surface area (TPSA) is 61.2 Å². The molecule has 3 aromatic rings. The second kappa shape index (κ2) is 9.99. The van der Waals surface area contributed by atoms with Crippen LogP contribution in [0.1, 0.15) is 36.8 Å². The van der Waals surface area contributed by atoms with Gasteiger partial charge in [0.25, 0.3) is 0 Å². The summed E-state index contributed by atoms with van der Waals surface area (Å²) in [6.07, 6.45) is 4.78. The fraction of sp³-hybridized carbons (Fsp3) is 0.407. The molecule has 6 heteroatoms. The summed E-state index contributed by atoms with van der Waals surface area (Å²) in [6, 6.07) is 18.4. The normalized spacial score (nSPS) is 19.0. The maximum absolute atomic E-state index is 10.2. The van der Waals surface area contributed by atoms with E-state index in [1.54, 1.807) is 0 Å². The molecule has 2 aliphatic heterocycles. The minimum Gasteiger partial charge on any atom is -0.381 e. The number of anilines is 2. The van der Waals surface area contributed by atoms with Crippen molar-refractivity contribution in [2.45, 2.75) is 32.2 Å². The molecule has 2 aliphatic rings. The number of rotatable bonds is 6. The van der Waals surface area contributed by atoms with E-state index in [4.69, 9.17) is 21.3 Å². The average Bonchev–Trinajstić information content (AvgIpc) is 3.31. The number of nitrogens with one attached hydrogen (secondary N) is 1. The molecule has 0 saturated carbocycles. The molecule has 5 rings (SSSR count). The highest BCUT2D eigenvalue weighted by atomic mass is 35.5. The van der Waals surface area contributed by atoms with E-state index >= 15 is 0 Å². The highest BCUT2D eigenvalue weighted by Gasteiger charge is 2.29. The van der Waals surface area contributed by atoms with E-state index in [2.05, 4.69) is 22.4 Å². The number of para-hydroxylation sites is 1. The first-order valence-corrected chi connectivity index (χ1v) is 12.2. The smallest absolute Gasteiger partial charge is 0.147 e. The predicted molar refractivity (Wildman–Crippen MR) is 134 cm³/mol. The summed E-state index contributed by atoms with van der Waals surface area (Å²) in [7, 11) is 0. The highest BCUT2D eigenvalue weighted by molar-refractivity contribution is 6.30. The molecule has 1 atom stereocenters. The van der Waals surface area contributed by atoms with Crippen molar-refractivity contribution in [1.82, 2.24) is 4.98 Å². The molecule has 1 unspecified atom stereocenters. The number of fused-ring (bicyclic) bond motifs is 1. The molecule has 0 aliphatic carbocycles. The maximum Gasteiger partial charge on any atom is 0.147 e. The maximum atomic E-state index is 10.2. The molecule has 3 heterocycles. The van der Waals surface area contributed by atoms with Gasteiger partial charge in [0, 0.05) is 43.3 Å². The summed E-state index contributed by atoms with van der Waals surface area (Å²) < 4.78 is 5.54. The molecular formula is C27H29ClN4O. The van der Waals surface area contributed by atoms with Crippen LogP contribution in [0.2, 0.25) is 5.02 Å². The zero-order chi connectivity index (χ0) is 22.6. The van der Waals surface area contributed by atoms with E-state index in [0.29, 0.717) is 28.9 Å². The summed E-state index contributed by atoms with van der Waals surface area (Å²) in [5, 5.41) is 15.4. The van der Waals surface area contributed by atoms with Gasteiger partial charge in [0.05, 0.1) is 11.2 Å². The number of hydrogen-bond acceptors (Lipinski definition) is 5. The van der Waals surface area contributed by atoms with Gasteiger partial charge in [-0.3, -0.25) is 0 Å². The monoisotopic (exact) mass is 460 g/mol. The molecule has 2 saturated heterocycles. The van der Waals surface area contributed by atoms with Crippen molar-refractivity contribution in [2.75, 3.05) is 36.5 Å². The number of nitriles is 1. The lowest BCUT2D eigenvalue weighted by atomic mass is 9.88. The van der Waals surface area contributed by atoms with Gasteiger partial charge in [-0.2, -0.15) is 5.26 Å². The number of benzene rings is 2. The van der Waals surface area contributed by atoms with Gasteiger partial charge < -0.3 is 15.0 Å². The molecular weight excluding hydrogens is 432 g/mol. The standard InChI is InChI=1S/C27H29ClN4O/c28-22-7-5-20(6-8-22)17-30-27-24(16-29)26(23-3-1-2-4-25(23)31-27)32-12-9-21(18-32)15-19-10-13-33-14-11-19/h1-8,19,21H,9-15,17-18H2,(H,30,31). The third kappa shape index (κ3) is 4.93. The van der Waals surface area contributed by atoms with Crippen LogP contribution >= 0.6 is 11.6 Å². The van der Waals surface area contributed by atoms with Crippen LogP contribution in [0.15, 0.2) is 48.5 Å². The Bertz CT molecular complexity index is 1150. The van der Waals surface area contributed by atoms with Crippen molar-refractivity contribution in [1.29, 1.82) is 5.26 Å². The van der Waals surface area contributed by atoms with Gasteiger partial charge in [0.15, 0.2) is 0 Å². The zero-order valence-corrected chi connectivity index (χ0v) is 19.5. The summed E-state index contributed by atoms with van der Waals surface area (Å²) in [6.45, 7) is 4.36. The fourth-order valence-electron chi connectivity index (χ4n) is 5.23. The van der Waals surface area contributed by atoms with E-state index in [1.807, 2.05) is 42.5 Å². The van der Waals surface area contributed by atoms with E-state index in [-0.39, 0.29) is 0 Å². The quantitative estimate of drug-likeness (QED) is 0.487. The highest BCUT2D eigenvalue weighted by Crippen LogP contribution is 2.38. The minimum absolute atomic E-state index is 0.586. The van der Waals surface area contributed by atoms with Crippen LogP contribution in [0.4, 0.5) is 11.5 Å². The minimum atomic E-state index is 0.586. The number of halogens is 1. The summed E-state index contributed by atoms with van der Waals surface area (Å²) in [4.78, 5) is 7.24. The SMILES string of the molecule is N#Cc1c(NCc2ccc(Cl)cc2)nc2ccccc2c1N1CCC(CC2CCOCC2)C1. The molecule has 33 heavy (non-hydrogen) atoms. The average molecular weight is 461 g/mol. The lowest BCUT2D eigenvalue weighted by Gasteiger charge is -2.26. The van der Waals surface area contributed by atoms with Gasteiger partial charge >= 0.3 is 0 Å². The van der Waals surface area contributed by atoms with Crippen molar-refractivity contribution in [3.8, 4) is 6.07 Å². The summed E-state index contributed by atoms with van der Waals surface area (Å²) in [5.74, 6) is 2.08. The van der Waals surface area contributed by atoms with Gasteiger partial charge in [-0.25, -0.2) is 4.98 Å². The van der Waals surface area contributed by atoms with E-state index in [1.165, 1.54) is 25.7 Å². The zero-order valence-electron chi connectivity index (χ0n) is 18.8. The van der Waals surface area contributed by atoms with Crippen molar-refractivity contribution >= 4 is 34.0 Å². The second-order valence-electron chi connectivity index (χ2n) is 9.19. The van der Waals surface area contributed by atoms with Crippen molar-refractivity contribution in [3.63, 3.8) is 0 Å². The molecule has 0 radical (unpaired) electrons. The van der Waals surface area contributed by atoms with E-state index in [0.717, 1.165) is 54.4 Å². The molecule has 5 nitrogen and oxygen atoms in total. The molecule has 2 aromatic carbocycles. The molecule has 0 spiro atoms. The first-order chi connectivity index (χ1) is 16.2. The van der Waals surface area contributed by atoms with Crippen LogP contribution in [0, 0.1) is 23.2 Å². The van der Waals surface area contributed by atoms with Crippen LogP contribution in [0.5, 0.6) is 0 Å². The number of pyridine rings is 1. The predicted octanol–water partition coefficient (Wildman–Crippen LogP) is 6.01. The lowest BCUT2D eigenvalue weighted by molar-refractivity contribution is 0.0595. The van der Waals surface area contributed by atoms with Crippen molar-refractivity contribution in [2.24, 2.45) is 11.8 Å². The van der Waals surface area contributed by atoms with Crippen LogP contribution in [-0.4, -0.2) is 31.3 Å². The number of hydrogen-bond donors (Lipinski definition) is 1. The molecule has 2 fully saturated rings. The van der Waals surface area contributed by atoms with Gasteiger partial charge in [0.2, 0.25) is 0 Å². The van der Waals surface area contributed by atoms with E-state index in [9.17, 15) is 5.26 Å². The molecule has 170 valence electrons. The third-order valence-corrected chi connectivity index (χ3v) is 7.21.